The third-order valence-corrected chi connectivity index (χ3v) is 18.8. The first-order chi connectivity index (χ1) is 30.1. The lowest BCUT2D eigenvalue weighted by Crippen LogP contribution is -2.53. The van der Waals surface area contributed by atoms with Crippen molar-refractivity contribution >= 4 is 51.2 Å². The Bertz CT molecular complexity index is 2170. The lowest BCUT2D eigenvalue weighted by molar-refractivity contribution is -0.137. The molecule has 0 radical (unpaired) electrons. The van der Waals surface area contributed by atoms with E-state index in [0.717, 1.165) is 73.0 Å². The van der Waals surface area contributed by atoms with Gasteiger partial charge in [-0.05, 0) is 123 Å². The minimum Gasteiger partial charge on any atom is -0.427 e. The van der Waals surface area contributed by atoms with E-state index >= 15 is 4.79 Å². The van der Waals surface area contributed by atoms with Gasteiger partial charge in [-0.3, -0.25) is 14.5 Å². The Kier molecular flexibility index (Phi) is 11.6. The standard InChI is InChI=1S/C49H60N4O7S2/c1-3-48(19-7-8-20-48)24-36-34-12-11-33-32-17-21-49(43(33)42(34)46(57)59-36)37-14-13-31(29-9-5-4-6-10-29)45(51-25-28(2)54)62-61-27-52-38-23-30(18-22-50-38)35(41(32)44(49)47(58)60-37)26-53-39(55)15-16-40(53)56/h14-16,18,22-24,28-29,31-33,35,43,45,51,54H,3-13,17,19-21,25-27H2,1-2H3,(H,50,52). The number of carbonyl (C=O) groups excluding carboxylic acids is 4. The fraction of sp³-hybridized carbons (Fsp3) is 0.612. The van der Waals surface area contributed by atoms with Crippen LogP contribution in [0.25, 0.3) is 0 Å². The highest BCUT2D eigenvalue weighted by Crippen LogP contribution is 2.72. The molecular formula is C49H60N4O7S2. The molecule has 8 unspecified atom stereocenters. The highest BCUT2D eigenvalue weighted by atomic mass is 33.1. The van der Waals surface area contributed by atoms with E-state index in [2.05, 4.69) is 29.7 Å². The Morgan fingerprint density at radius 3 is 2.55 bits per heavy atom. The molecule has 330 valence electrons. The largest absolute Gasteiger partial charge is 0.427 e. The van der Waals surface area contributed by atoms with Gasteiger partial charge < -0.3 is 25.2 Å². The van der Waals surface area contributed by atoms with Crippen LogP contribution in [0.3, 0.4) is 0 Å². The zero-order chi connectivity index (χ0) is 42.8. The van der Waals surface area contributed by atoms with E-state index in [4.69, 9.17) is 14.5 Å². The van der Waals surface area contributed by atoms with Crippen molar-refractivity contribution in [1.82, 2.24) is 15.2 Å². The lowest BCUT2D eigenvalue weighted by Gasteiger charge is -2.57. The zero-order valence-corrected chi connectivity index (χ0v) is 37.6. The average Bonchev–Trinajstić information content (AvgIpc) is 4.04. The van der Waals surface area contributed by atoms with Crippen molar-refractivity contribution in [2.24, 2.45) is 40.4 Å². The summed E-state index contributed by atoms with van der Waals surface area (Å²) in [5, 5.41) is 17.8. The molecule has 4 fully saturated rings. The number of fused-ring (bicyclic) bond motifs is 3. The van der Waals surface area contributed by atoms with E-state index in [9.17, 15) is 19.5 Å². The number of amides is 2. The molecule has 3 N–H and O–H groups in total. The maximum atomic E-state index is 15.1. The maximum Gasteiger partial charge on any atom is 0.340 e. The van der Waals surface area contributed by atoms with Gasteiger partial charge in [0.05, 0.1) is 28.3 Å². The molecule has 1 aromatic heterocycles. The Morgan fingerprint density at radius 1 is 1.00 bits per heavy atom. The second-order valence-electron chi connectivity index (χ2n) is 19.5. The lowest BCUT2D eigenvalue weighted by atomic mass is 9.43. The van der Waals surface area contributed by atoms with Crippen LogP contribution in [0.1, 0.15) is 122 Å². The van der Waals surface area contributed by atoms with Crippen LogP contribution in [0, 0.1) is 40.4 Å². The van der Waals surface area contributed by atoms with Crippen LogP contribution in [0.4, 0.5) is 5.82 Å². The van der Waals surface area contributed by atoms with Crippen LogP contribution in [-0.4, -0.2) is 69.2 Å². The first-order valence-electron chi connectivity index (χ1n) is 23.4. The number of imide groups is 1. The van der Waals surface area contributed by atoms with Crippen molar-refractivity contribution < 1.29 is 33.8 Å². The molecule has 11 rings (SSSR count). The van der Waals surface area contributed by atoms with Crippen LogP contribution in [0.15, 0.2) is 76.4 Å². The molecule has 0 aromatic carbocycles. The van der Waals surface area contributed by atoms with E-state index in [0.29, 0.717) is 54.8 Å². The van der Waals surface area contributed by atoms with Gasteiger partial charge in [0.25, 0.3) is 11.8 Å². The predicted molar refractivity (Wildman–Crippen MR) is 240 cm³/mol. The second kappa shape index (κ2) is 17.0. The summed E-state index contributed by atoms with van der Waals surface area (Å²) < 4.78 is 13.1. The SMILES string of the molecule is CCC1(C=C2OC(=O)C3=C2CCC2C4CCC5(C6=CCC(C7CCCCC7)C(NCC(C)O)SSCNc7cc(ccn7)C(CN7C(=O)C=CC7=O)C4=C5C(=O)O6)C32)CCCC1. The highest BCUT2D eigenvalue weighted by Gasteiger charge is 2.69. The van der Waals surface area contributed by atoms with Gasteiger partial charge in [-0.1, -0.05) is 73.5 Å². The average molecular weight is 881 g/mol. The molecule has 13 heteroatoms. The Morgan fingerprint density at radius 2 is 1.79 bits per heavy atom. The molecule has 1 aromatic rings. The molecule has 2 amide bonds. The van der Waals surface area contributed by atoms with E-state index in [-0.39, 0.29) is 64.8 Å². The van der Waals surface area contributed by atoms with E-state index in [1.54, 1.807) is 27.8 Å². The third-order valence-electron chi connectivity index (χ3n) is 16.3. The first-order valence-corrected chi connectivity index (χ1v) is 25.8. The Balaban J connectivity index is 1.17. The number of cyclic esters (lactones) is 1. The van der Waals surface area contributed by atoms with Crippen molar-refractivity contribution in [2.45, 2.75) is 128 Å². The van der Waals surface area contributed by atoms with Gasteiger partial charge in [-0.2, -0.15) is 0 Å². The minimum absolute atomic E-state index is 0.00932. The highest BCUT2D eigenvalue weighted by molar-refractivity contribution is 8.76. The van der Waals surface area contributed by atoms with Gasteiger partial charge >= 0.3 is 11.9 Å². The van der Waals surface area contributed by atoms with Crippen molar-refractivity contribution in [1.29, 1.82) is 0 Å². The van der Waals surface area contributed by atoms with Crippen molar-refractivity contribution in [2.75, 3.05) is 24.3 Å². The molecule has 11 nitrogen and oxygen atoms in total. The monoisotopic (exact) mass is 880 g/mol. The number of anilines is 1. The van der Waals surface area contributed by atoms with E-state index in [1.165, 1.54) is 49.2 Å². The van der Waals surface area contributed by atoms with E-state index in [1.807, 2.05) is 19.1 Å². The molecule has 1 saturated heterocycles. The molecule has 62 heavy (non-hydrogen) atoms. The number of rotatable bonds is 8. The fourth-order valence-electron chi connectivity index (χ4n) is 13.4. The number of hydrogen-bond acceptors (Lipinski definition) is 12. The Hall–Kier alpha value is -3.65. The summed E-state index contributed by atoms with van der Waals surface area (Å²) in [6.07, 6.45) is 23.4. The quantitative estimate of drug-likeness (QED) is 0.131. The number of carbonyl (C=O) groups is 4. The number of aromatic nitrogens is 1. The number of nitrogens with zero attached hydrogens (tertiary/aromatic N) is 2. The molecule has 10 aliphatic rings. The van der Waals surface area contributed by atoms with Gasteiger partial charge in [0, 0.05) is 54.4 Å². The number of pyridine rings is 1. The normalized spacial score (nSPS) is 34.3. The maximum absolute atomic E-state index is 15.1. The van der Waals surface area contributed by atoms with Crippen LogP contribution >= 0.6 is 21.6 Å². The summed E-state index contributed by atoms with van der Waals surface area (Å²) in [7, 11) is 3.49. The first kappa shape index (κ1) is 42.3. The molecule has 3 saturated carbocycles. The number of nitrogens with one attached hydrogen (secondary N) is 2. The summed E-state index contributed by atoms with van der Waals surface area (Å²) in [6, 6.07) is 3.95. The number of aliphatic hydroxyl groups excluding tert-OH is 1. The second-order valence-corrected chi connectivity index (χ2v) is 22.0. The van der Waals surface area contributed by atoms with Gasteiger partial charge in [0.1, 0.15) is 17.3 Å². The van der Waals surface area contributed by atoms with Gasteiger partial charge in [-0.25, -0.2) is 14.6 Å². The Labute approximate surface area is 372 Å². The predicted octanol–water partition coefficient (Wildman–Crippen LogP) is 8.62. The molecule has 5 heterocycles. The molecule has 1 spiro atoms. The van der Waals surface area contributed by atoms with Crippen LogP contribution in [-0.2, 0) is 28.7 Å². The number of ether oxygens (including phenoxy) is 2. The fourth-order valence-corrected chi connectivity index (χ4v) is 15.9. The summed E-state index contributed by atoms with van der Waals surface area (Å²) in [5.41, 5.74) is 3.25. The van der Waals surface area contributed by atoms with Crippen molar-refractivity contribution in [3.8, 4) is 0 Å². The number of allylic oxidation sites excluding steroid dienone is 4. The smallest absolute Gasteiger partial charge is 0.340 e. The zero-order valence-electron chi connectivity index (χ0n) is 36.0. The molecular weight excluding hydrogens is 821 g/mol. The van der Waals surface area contributed by atoms with E-state index < -0.39 is 17.4 Å². The summed E-state index contributed by atoms with van der Waals surface area (Å²) in [6.45, 7) is 4.59. The van der Waals surface area contributed by atoms with Crippen molar-refractivity contribution in [3.05, 3.63) is 82.0 Å². The van der Waals surface area contributed by atoms with Crippen LogP contribution < -0.4 is 10.6 Å². The van der Waals surface area contributed by atoms with Crippen LogP contribution in [0.2, 0.25) is 0 Å². The molecule has 8 atom stereocenters. The molecule has 6 aliphatic carbocycles. The molecule has 7 bridgehead atoms. The van der Waals surface area contributed by atoms with Crippen molar-refractivity contribution in [3.63, 3.8) is 0 Å². The number of aliphatic hydroxyl groups is 1. The number of esters is 2. The molecule has 4 aliphatic heterocycles. The van der Waals surface area contributed by atoms with Gasteiger partial charge in [0.15, 0.2) is 0 Å². The summed E-state index contributed by atoms with van der Waals surface area (Å²) in [4.78, 5) is 62.4. The van der Waals surface area contributed by atoms with Gasteiger partial charge in [0.2, 0.25) is 0 Å². The van der Waals surface area contributed by atoms with Gasteiger partial charge in [-0.15, -0.1) is 0 Å². The van der Waals surface area contributed by atoms with Crippen LogP contribution in [0.5, 0.6) is 0 Å². The summed E-state index contributed by atoms with van der Waals surface area (Å²) >= 11 is 0. The number of hydrogen-bond donors (Lipinski definition) is 3. The minimum atomic E-state index is -0.917. The summed E-state index contributed by atoms with van der Waals surface area (Å²) in [5.74, 6) is 0.980. The topological polar surface area (TPSA) is 147 Å². The third kappa shape index (κ3) is 7.25.